The number of hydrogen-bond acceptors (Lipinski definition) is 5. The number of nitrogens with zero attached hydrogens (tertiary/aromatic N) is 3. The number of rotatable bonds is 8. The Hall–Kier alpha value is -3.21. The maximum Gasteiger partial charge on any atom is 0.221 e. The Morgan fingerprint density at radius 3 is 2.31 bits per heavy atom. The third kappa shape index (κ3) is 6.18. The molecule has 2 aromatic carbocycles. The van der Waals surface area contributed by atoms with Gasteiger partial charge in [0.25, 0.3) is 0 Å². The van der Waals surface area contributed by atoms with Crippen molar-refractivity contribution in [3.63, 3.8) is 0 Å². The molecule has 9 nitrogen and oxygen atoms in total. The molecule has 0 radical (unpaired) electrons. The van der Waals surface area contributed by atoms with Crippen molar-refractivity contribution >= 4 is 32.7 Å². The topological polar surface area (TPSA) is 120 Å². The van der Waals surface area contributed by atoms with Crippen molar-refractivity contribution in [2.24, 2.45) is 5.73 Å². The fourth-order valence-electron chi connectivity index (χ4n) is 5.90. The van der Waals surface area contributed by atoms with Crippen LogP contribution in [0.25, 0.3) is 22.0 Å². The van der Waals surface area contributed by atoms with Gasteiger partial charge in [-0.15, -0.1) is 0 Å². The van der Waals surface area contributed by atoms with Crippen LogP contribution in [0.3, 0.4) is 0 Å². The van der Waals surface area contributed by atoms with E-state index in [0.29, 0.717) is 45.8 Å². The van der Waals surface area contributed by atoms with E-state index in [2.05, 4.69) is 16.0 Å². The molecule has 0 spiro atoms. The van der Waals surface area contributed by atoms with Crippen LogP contribution >= 0.6 is 0 Å². The largest absolute Gasteiger partial charge is 0.369 e. The number of fused-ring (bicyclic) bond motifs is 1. The molecule has 208 valence electrons. The molecule has 3 aromatic rings. The number of amides is 2. The molecule has 0 saturated carbocycles. The number of hydrogen-bond donors (Lipinski definition) is 2. The van der Waals surface area contributed by atoms with E-state index in [1.54, 1.807) is 16.1 Å². The molecule has 2 amide bonds. The second-order valence-electron chi connectivity index (χ2n) is 10.6. The Labute approximate surface area is 230 Å². The Kier molecular flexibility index (Phi) is 8.06. The first-order chi connectivity index (χ1) is 18.7. The predicted octanol–water partition coefficient (Wildman–Crippen LogP) is 2.54. The average molecular weight is 552 g/mol. The van der Waals surface area contributed by atoms with Crippen LogP contribution in [0.15, 0.2) is 48.7 Å². The van der Waals surface area contributed by atoms with Gasteiger partial charge in [0.15, 0.2) is 0 Å². The molecule has 1 aromatic heterocycles. The van der Waals surface area contributed by atoms with Crippen LogP contribution < -0.4 is 5.73 Å². The van der Waals surface area contributed by atoms with Gasteiger partial charge in [-0.25, -0.2) is 12.7 Å². The molecular weight excluding hydrogens is 514 g/mol. The quantitative estimate of drug-likeness (QED) is 0.446. The van der Waals surface area contributed by atoms with Gasteiger partial charge in [0.05, 0.1) is 12.2 Å². The van der Waals surface area contributed by atoms with Crippen LogP contribution in [0.4, 0.5) is 0 Å². The van der Waals surface area contributed by atoms with Crippen molar-refractivity contribution in [2.45, 2.75) is 32.1 Å². The number of piperazine rings is 1. The summed E-state index contributed by atoms with van der Waals surface area (Å²) in [7, 11) is -3.36. The molecule has 5 rings (SSSR count). The third-order valence-corrected chi connectivity index (χ3v) is 10.00. The molecule has 2 aliphatic rings. The lowest BCUT2D eigenvalue weighted by atomic mass is 9.88. The zero-order valence-electron chi connectivity index (χ0n) is 22.4. The number of carbonyl (C=O) groups is 2. The van der Waals surface area contributed by atoms with E-state index < -0.39 is 10.0 Å². The normalized spacial score (nSPS) is 18.0. The third-order valence-electron chi connectivity index (χ3n) is 8.15. The number of piperidine rings is 1. The van der Waals surface area contributed by atoms with E-state index in [-0.39, 0.29) is 29.9 Å². The molecule has 3 N–H and O–H groups in total. The summed E-state index contributed by atoms with van der Waals surface area (Å²) >= 11 is 0. The first kappa shape index (κ1) is 27.4. The van der Waals surface area contributed by atoms with Crippen molar-refractivity contribution < 1.29 is 18.0 Å². The zero-order chi connectivity index (χ0) is 27.6. The number of aromatic amines is 1. The van der Waals surface area contributed by atoms with Crippen LogP contribution in [-0.4, -0.2) is 90.9 Å². The van der Waals surface area contributed by atoms with E-state index in [1.165, 1.54) is 0 Å². The standard InChI is InChI=1S/C29H37N5O4S/c1-21(35)33-13-11-32(12-14-33)15-16-39(37,38)34-9-7-23(8-10-34)27-20-31-29-25(19-28(30)36)17-24(18-26(27)29)22-5-3-2-4-6-22/h2-6,17-18,20,23,31H,7-16,19H2,1H3,(H2,30,36). The molecule has 10 heteroatoms. The summed E-state index contributed by atoms with van der Waals surface area (Å²) < 4.78 is 27.9. The monoisotopic (exact) mass is 551 g/mol. The smallest absolute Gasteiger partial charge is 0.221 e. The molecule has 0 aliphatic carbocycles. The van der Waals surface area contributed by atoms with E-state index in [9.17, 15) is 18.0 Å². The van der Waals surface area contributed by atoms with E-state index >= 15 is 0 Å². The zero-order valence-corrected chi connectivity index (χ0v) is 23.3. The highest BCUT2D eigenvalue weighted by Gasteiger charge is 2.31. The van der Waals surface area contributed by atoms with Gasteiger partial charge < -0.3 is 15.6 Å². The summed E-state index contributed by atoms with van der Waals surface area (Å²) in [5, 5.41) is 1.07. The van der Waals surface area contributed by atoms with Gasteiger partial charge >= 0.3 is 0 Å². The molecule has 39 heavy (non-hydrogen) atoms. The Morgan fingerprint density at radius 2 is 1.67 bits per heavy atom. The van der Waals surface area contributed by atoms with Gasteiger partial charge in [0.1, 0.15) is 0 Å². The maximum absolute atomic E-state index is 13.1. The summed E-state index contributed by atoms with van der Waals surface area (Å²) in [6, 6.07) is 14.3. The highest BCUT2D eigenvalue weighted by atomic mass is 32.2. The number of benzene rings is 2. The first-order valence-electron chi connectivity index (χ1n) is 13.6. The molecule has 2 aliphatic heterocycles. The van der Waals surface area contributed by atoms with Crippen molar-refractivity contribution in [3.05, 3.63) is 59.8 Å². The summed E-state index contributed by atoms with van der Waals surface area (Å²) in [5.41, 5.74) is 10.6. The highest BCUT2D eigenvalue weighted by molar-refractivity contribution is 7.89. The Balaban J connectivity index is 1.27. The molecule has 3 heterocycles. The lowest BCUT2D eigenvalue weighted by molar-refractivity contribution is -0.130. The molecule has 2 fully saturated rings. The number of nitrogens with one attached hydrogen (secondary N) is 1. The Morgan fingerprint density at radius 1 is 0.974 bits per heavy atom. The van der Waals surface area contributed by atoms with Crippen LogP contribution in [-0.2, 0) is 26.0 Å². The van der Waals surface area contributed by atoms with Gasteiger partial charge in [0, 0.05) is 69.8 Å². The summed E-state index contributed by atoms with van der Waals surface area (Å²) in [6.45, 7) is 5.76. The second kappa shape index (κ2) is 11.5. The van der Waals surface area contributed by atoms with Gasteiger partial charge in [0.2, 0.25) is 21.8 Å². The molecule has 0 bridgehead atoms. The van der Waals surface area contributed by atoms with Crippen LogP contribution in [0.5, 0.6) is 0 Å². The van der Waals surface area contributed by atoms with Crippen molar-refractivity contribution in [2.75, 3.05) is 51.6 Å². The predicted molar refractivity (Wildman–Crippen MR) is 153 cm³/mol. The van der Waals surface area contributed by atoms with Gasteiger partial charge in [-0.2, -0.15) is 0 Å². The minimum absolute atomic E-state index is 0.0701. The number of sulfonamides is 1. The summed E-state index contributed by atoms with van der Waals surface area (Å²) in [4.78, 5) is 30.7. The molecular formula is C29H37N5O4S. The van der Waals surface area contributed by atoms with Crippen molar-refractivity contribution in [1.29, 1.82) is 0 Å². The molecule has 0 unspecified atom stereocenters. The second-order valence-corrected chi connectivity index (χ2v) is 12.7. The molecule has 0 atom stereocenters. The average Bonchev–Trinajstić information content (AvgIpc) is 3.37. The van der Waals surface area contributed by atoms with Crippen LogP contribution in [0.1, 0.15) is 36.8 Å². The number of aromatic nitrogens is 1. The van der Waals surface area contributed by atoms with Crippen molar-refractivity contribution in [3.8, 4) is 11.1 Å². The van der Waals surface area contributed by atoms with E-state index in [0.717, 1.165) is 46.0 Å². The van der Waals surface area contributed by atoms with Gasteiger partial charge in [-0.05, 0) is 53.1 Å². The number of primary amides is 1. The fourth-order valence-corrected chi connectivity index (χ4v) is 7.41. The lowest BCUT2D eigenvalue weighted by Crippen LogP contribution is -2.50. The van der Waals surface area contributed by atoms with Gasteiger partial charge in [-0.3, -0.25) is 14.5 Å². The minimum Gasteiger partial charge on any atom is -0.369 e. The highest BCUT2D eigenvalue weighted by Crippen LogP contribution is 2.37. The van der Waals surface area contributed by atoms with E-state index in [4.69, 9.17) is 5.73 Å². The number of nitrogens with two attached hydrogens (primary N) is 1. The van der Waals surface area contributed by atoms with Crippen LogP contribution in [0, 0.1) is 0 Å². The summed E-state index contributed by atoms with van der Waals surface area (Å²) in [6.07, 6.45) is 3.64. The minimum atomic E-state index is -3.36. The maximum atomic E-state index is 13.1. The van der Waals surface area contributed by atoms with Gasteiger partial charge in [-0.1, -0.05) is 30.3 Å². The molecule has 2 saturated heterocycles. The SMILES string of the molecule is CC(=O)N1CCN(CCS(=O)(=O)N2CCC(c3c[nH]c4c(CC(N)=O)cc(-c5ccccc5)cc34)CC2)CC1. The van der Waals surface area contributed by atoms with Crippen LogP contribution in [0.2, 0.25) is 0 Å². The van der Waals surface area contributed by atoms with Crippen molar-refractivity contribution in [1.82, 2.24) is 19.1 Å². The summed E-state index contributed by atoms with van der Waals surface area (Å²) in [5.74, 6) is 0.0109. The lowest BCUT2D eigenvalue weighted by Gasteiger charge is -2.35. The fraction of sp³-hybridized carbons (Fsp3) is 0.448. The Bertz CT molecular complexity index is 1440. The van der Waals surface area contributed by atoms with E-state index in [1.807, 2.05) is 42.6 Å². The number of H-pyrrole nitrogens is 1. The first-order valence-corrected chi connectivity index (χ1v) is 15.3. The number of carbonyl (C=O) groups excluding carboxylic acids is 2.